The smallest absolute Gasteiger partial charge is 0.240 e. The van der Waals surface area contributed by atoms with E-state index in [9.17, 15) is 9.90 Å². The number of nitrogens with zero attached hydrogens (tertiary/aromatic N) is 1. The molecule has 1 amide bonds. The molecule has 1 rings (SSSR count). The number of amides is 1. The molecule has 4 nitrogen and oxygen atoms in total. The highest BCUT2D eigenvalue weighted by Crippen LogP contribution is 2.21. The number of benzene rings is 1. The molecule has 0 atom stereocenters. The summed E-state index contributed by atoms with van der Waals surface area (Å²) in [6.45, 7) is 5.92. The average Bonchev–Trinajstić information content (AvgIpc) is 2.66. The van der Waals surface area contributed by atoms with Crippen molar-refractivity contribution in [1.29, 1.82) is 0 Å². The normalized spacial score (nSPS) is 11.0. The molecular weight excluding hydrogens is 336 g/mol. The standard InChI is InChI=1S/C23H36N2O2/c1-3-5-6-7-8-9-10-11-12-13-18-22(26)25-24-19-21-17-14-16-20(15-4-2)23(21)27/h4,14,16-17,19,27H,2-3,5-13,15,18H2,1H3,(H,25,26)/b24-19-. The van der Waals surface area contributed by atoms with Crippen molar-refractivity contribution >= 4 is 12.1 Å². The van der Waals surface area contributed by atoms with Crippen molar-refractivity contribution in [3.63, 3.8) is 0 Å². The van der Waals surface area contributed by atoms with Gasteiger partial charge in [0.25, 0.3) is 0 Å². The van der Waals surface area contributed by atoms with Crippen LogP contribution in [0.5, 0.6) is 5.75 Å². The first-order chi connectivity index (χ1) is 13.2. The van der Waals surface area contributed by atoms with E-state index in [1.807, 2.05) is 12.1 Å². The molecule has 0 heterocycles. The molecule has 0 aliphatic carbocycles. The quantitative estimate of drug-likeness (QED) is 0.175. The zero-order valence-corrected chi connectivity index (χ0v) is 16.9. The summed E-state index contributed by atoms with van der Waals surface area (Å²) < 4.78 is 0. The van der Waals surface area contributed by atoms with Gasteiger partial charge in [-0.2, -0.15) is 5.10 Å². The van der Waals surface area contributed by atoms with Gasteiger partial charge in [-0.3, -0.25) is 4.79 Å². The van der Waals surface area contributed by atoms with Crippen molar-refractivity contribution in [2.45, 2.75) is 84.0 Å². The lowest BCUT2D eigenvalue weighted by Crippen LogP contribution is -2.16. The third-order valence-corrected chi connectivity index (χ3v) is 4.67. The number of nitrogens with one attached hydrogen (secondary N) is 1. The number of aromatic hydroxyl groups is 1. The monoisotopic (exact) mass is 372 g/mol. The number of hydrazone groups is 1. The summed E-state index contributed by atoms with van der Waals surface area (Å²) in [7, 11) is 0. The van der Waals surface area contributed by atoms with Gasteiger partial charge in [-0.15, -0.1) is 6.58 Å². The van der Waals surface area contributed by atoms with Crippen LogP contribution in [0, 0.1) is 0 Å². The average molecular weight is 373 g/mol. The molecule has 0 unspecified atom stereocenters. The highest BCUT2D eigenvalue weighted by Gasteiger charge is 2.04. The van der Waals surface area contributed by atoms with Gasteiger partial charge in [-0.05, 0) is 24.5 Å². The molecule has 0 radical (unpaired) electrons. The molecule has 0 saturated carbocycles. The predicted octanol–water partition coefficient (Wildman–Crippen LogP) is 5.88. The van der Waals surface area contributed by atoms with Crippen LogP contribution in [0.25, 0.3) is 0 Å². The van der Waals surface area contributed by atoms with Crippen LogP contribution in [0.15, 0.2) is 36.0 Å². The summed E-state index contributed by atoms with van der Waals surface area (Å²) >= 11 is 0. The third-order valence-electron chi connectivity index (χ3n) is 4.67. The van der Waals surface area contributed by atoms with Gasteiger partial charge in [0.2, 0.25) is 5.91 Å². The van der Waals surface area contributed by atoms with Gasteiger partial charge in [-0.1, -0.05) is 82.9 Å². The number of phenolic OH excluding ortho intramolecular Hbond substituents is 1. The van der Waals surface area contributed by atoms with Gasteiger partial charge < -0.3 is 5.11 Å². The number of unbranched alkanes of at least 4 members (excludes halogenated alkanes) is 9. The van der Waals surface area contributed by atoms with Crippen molar-refractivity contribution in [3.8, 4) is 5.75 Å². The molecule has 0 spiro atoms. The van der Waals surface area contributed by atoms with Crippen molar-refractivity contribution in [3.05, 3.63) is 42.0 Å². The minimum Gasteiger partial charge on any atom is -0.507 e. The molecule has 0 bridgehead atoms. The second-order valence-corrected chi connectivity index (χ2v) is 7.07. The Kier molecular flexibility index (Phi) is 12.7. The Morgan fingerprint density at radius 3 is 2.33 bits per heavy atom. The van der Waals surface area contributed by atoms with E-state index >= 15 is 0 Å². The van der Waals surface area contributed by atoms with Crippen LogP contribution in [0.3, 0.4) is 0 Å². The van der Waals surface area contributed by atoms with Crippen LogP contribution in [0.4, 0.5) is 0 Å². The SMILES string of the molecule is C=CCc1cccc(/C=N\NC(=O)CCCCCCCCCCCC)c1O. The Labute approximate surface area is 164 Å². The Morgan fingerprint density at radius 2 is 1.70 bits per heavy atom. The highest BCUT2D eigenvalue weighted by molar-refractivity contribution is 5.85. The number of hydrogen-bond acceptors (Lipinski definition) is 3. The minimum absolute atomic E-state index is 0.0763. The van der Waals surface area contributed by atoms with Gasteiger partial charge in [0.05, 0.1) is 6.21 Å². The third kappa shape index (κ3) is 10.6. The molecule has 0 saturated heterocycles. The van der Waals surface area contributed by atoms with Gasteiger partial charge in [-0.25, -0.2) is 5.43 Å². The zero-order valence-electron chi connectivity index (χ0n) is 16.9. The molecule has 1 aromatic carbocycles. The Hall–Kier alpha value is -2.10. The molecule has 0 aliphatic heterocycles. The van der Waals surface area contributed by atoms with Crippen LogP contribution in [0.1, 0.15) is 88.7 Å². The molecule has 150 valence electrons. The Balaban J connectivity index is 2.13. The molecule has 0 aliphatic rings. The summed E-state index contributed by atoms with van der Waals surface area (Å²) in [5.41, 5.74) is 3.93. The lowest BCUT2D eigenvalue weighted by molar-refractivity contribution is -0.121. The molecule has 1 aromatic rings. The second-order valence-electron chi connectivity index (χ2n) is 7.07. The van der Waals surface area contributed by atoms with E-state index in [-0.39, 0.29) is 11.7 Å². The molecule has 0 fully saturated rings. The summed E-state index contributed by atoms with van der Waals surface area (Å²) in [5, 5.41) is 14.1. The van der Waals surface area contributed by atoms with Crippen LogP contribution in [-0.2, 0) is 11.2 Å². The number of allylic oxidation sites excluding steroid dienone is 1. The van der Waals surface area contributed by atoms with E-state index in [0.29, 0.717) is 18.4 Å². The van der Waals surface area contributed by atoms with E-state index in [0.717, 1.165) is 18.4 Å². The van der Waals surface area contributed by atoms with Crippen molar-refractivity contribution in [1.82, 2.24) is 5.43 Å². The first-order valence-electron chi connectivity index (χ1n) is 10.4. The maximum Gasteiger partial charge on any atom is 0.240 e. The molecule has 27 heavy (non-hydrogen) atoms. The molecule has 2 N–H and O–H groups in total. The van der Waals surface area contributed by atoms with Crippen LogP contribution >= 0.6 is 0 Å². The topological polar surface area (TPSA) is 61.7 Å². The first-order valence-corrected chi connectivity index (χ1v) is 10.4. The molecular formula is C23H36N2O2. The van der Waals surface area contributed by atoms with E-state index < -0.39 is 0 Å². The lowest BCUT2D eigenvalue weighted by atomic mass is 10.1. The van der Waals surface area contributed by atoms with Crippen molar-refractivity contribution < 1.29 is 9.90 Å². The fraction of sp³-hybridized carbons (Fsp3) is 0.565. The lowest BCUT2D eigenvalue weighted by Gasteiger charge is -2.05. The first kappa shape index (κ1) is 22.9. The Morgan fingerprint density at radius 1 is 1.07 bits per heavy atom. The summed E-state index contributed by atoms with van der Waals surface area (Å²) in [6, 6.07) is 5.46. The van der Waals surface area contributed by atoms with E-state index in [2.05, 4.69) is 24.0 Å². The highest BCUT2D eigenvalue weighted by atomic mass is 16.3. The zero-order chi connectivity index (χ0) is 19.7. The number of rotatable bonds is 15. The van der Waals surface area contributed by atoms with Gasteiger partial charge >= 0.3 is 0 Å². The Bertz CT molecular complexity index is 582. The summed E-state index contributed by atoms with van der Waals surface area (Å²) in [5.74, 6) is 0.109. The maximum absolute atomic E-state index is 11.8. The number of phenols is 1. The van der Waals surface area contributed by atoms with Gasteiger partial charge in [0.1, 0.15) is 5.75 Å². The number of carbonyl (C=O) groups excluding carboxylic acids is 1. The predicted molar refractivity (Wildman–Crippen MR) is 114 cm³/mol. The van der Waals surface area contributed by atoms with E-state index in [1.54, 1.807) is 12.1 Å². The minimum atomic E-state index is -0.0763. The van der Waals surface area contributed by atoms with Gasteiger partial charge in [0, 0.05) is 12.0 Å². The number of carbonyl (C=O) groups is 1. The van der Waals surface area contributed by atoms with Crippen LogP contribution in [0.2, 0.25) is 0 Å². The summed E-state index contributed by atoms with van der Waals surface area (Å²) in [6.07, 6.45) is 16.8. The van der Waals surface area contributed by atoms with Crippen LogP contribution < -0.4 is 5.43 Å². The van der Waals surface area contributed by atoms with Crippen LogP contribution in [-0.4, -0.2) is 17.2 Å². The molecule has 4 heteroatoms. The largest absolute Gasteiger partial charge is 0.507 e. The number of hydrogen-bond donors (Lipinski definition) is 2. The number of para-hydroxylation sites is 1. The van der Waals surface area contributed by atoms with Crippen molar-refractivity contribution in [2.75, 3.05) is 0 Å². The summed E-state index contributed by atoms with van der Waals surface area (Å²) in [4.78, 5) is 11.8. The second kappa shape index (κ2) is 15.0. The fourth-order valence-electron chi connectivity index (χ4n) is 3.04. The molecule has 0 aromatic heterocycles. The van der Waals surface area contributed by atoms with E-state index in [1.165, 1.54) is 57.6 Å². The fourth-order valence-corrected chi connectivity index (χ4v) is 3.04. The van der Waals surface area contributed by atoms with Gasteiger partial charge in [0.15, 0.2) is 0 Å². The maximum atomic E-state index is 11.8. The van der Waals surface area contributed by atoms with Crippen molar-refractivity contribution in [2.24, 2.45) is 5.10 Å². The van der Waals surface area contributed by atoms with E-state index in [4.69, 9.17) is 0 Å².